The minimum atomic E-state index is 0.106. The number of rotatable bonds is 2. The molecule has 1 unspecified atom stereocenters. The van der Waals surface area contributed by atoms with Gasteiger partial charge < -0.3 is 9.30 Å². The maximum atomic E-state index is 7.96. The monoisotopic (exact) mass is 240 g/mol. The van der Waals surface area contributed by atoms with E-state index in [-0.39, 0.29) is 5.41 Å². The average molecular weight is 240 g/mol. The van der Waals surface area contributed by atoms with Gasteiger partial charge in [-0.25, -0.2) is 0 Å². The molecule has 2 rings (SSSR count). The second-order valence-corrected chi connectivity index (χ2v) is 6.28. The van der Waals surface area contributed by atoms with Gasteiger partial charge in [0.2, 0.25) is 0 Å². The van der Waals surface area contributed by atoms with Gasteiger partial charge in [0.1, 0.15) is 0 Å². The number of aromatic nitrogens is 1. The van der Waals surface area contributed by atoms with Crippen LogP contribution in [0.2, 0.25) is 0 Å². The summed E-state index contributed by atoms with van der Waals surface area (Å²) in [6, 6.07) is 0. The highest BCUT2D eigenvalue weighted by molar-refractivity contribution is 7.07. The minimum absolute atomic E-state index is 0.106. The van der Waals surface area contributed by atoms with E-state index in [4.69, 9.17) is 10.1 Å². The molecule has 0 saturated carbocycles. The summed E-state index contributed by atoms with van der Waals surface area (Å²) >= 11 is 1.52. The Labute approximate surface area is 101 Å². The molecule has 0 bridgehead atoms. The van der Waals surface area contributed by atoms with Crippen LogP contribution in [0.5, 0.6) is 0 Å². The Morgan fingerprint density at radius 2 is 2.31 bits per heavy atom. The van der Waals surface area contributed by atoms with Crippen LogP contribution in [0.4, 0.5) is 0 Å². The normalized spacial score (nSPS) is 21.6. The maximum absolute atomic E-state index is 7.96. The Hall–Kier alpha value is -0.610. The molecule has 0 spiro atoms. The van der Waals surface area contributed by atoms with Gasteiger partial charge in [0, 0.05) is 23.1 Å². The highest BCUT2D eigenvalue weighted by atomic mass is 32.1. The molecule has 2 heterocycles. The smallest absolute Gasteiger partial charge is 0.182 e. The van der Waals surface area contributed by atoms with Crippen LogP contribution in [0.3, 0.4) is 0 Å². The molecule has 0 amide bonds. The molecular weight excluding hydrogens is 220 g/mol. The number of nitrogens with one attached hydrogen (secondary N) is 1. The van der Waals surface area contributed by atoms with Crippen molar-refractivity contribution in [3.8, 4) is 0 Å². The van der Waals surface area contributed by atoms with Gasteiger partial charge in [-0.15, -0.1) is 11.3 Å². The molecule has 1 aromatic rings. The van der Waals surface area contributed by atoms with Crippen molar-refractivity contribution in [1.29, 1.82) is 5.41 Å². The lowest BCUT2D eigenvalue weighted by Gasteiger charge is -2.22. The van der Waals surface area contributed by atoms with Gasteiger partial charge in [-0.3, -0.25) is 5.41 Å². The Morgan fingerprint density at radius 3 is 2.88 bits per heavy atom. The first kappa shape index (κ1) is 11.9. The van der Waals surface area contributed by atoms with Crippen molar-refractivity contribution < 1.29 is 4.74 Å². The summed E-state index contributed by atoms with van der Waals surface area (Å²) in [5.41, 5.74) is 1.35. The molecule has 16 heavy (non-hydrogen) atoms. The van der Waals surface area contributed by atoms with Crippen LogP contribution >= 0.6 is 11.3 Å². The molecule has 0 aromatic carbocycles. The van der Waals surface area contributed by atoms with Crippen LogP contribution < -0.4 is 4.80 Å². The van der Waals surface area contributed by atoms with E-state index in [9.17, 15) is 0 Å². The standard InChI is InChI=1S/C12H20N2OS/c1-12(2,3)10-8-16-11(13)14(10)7-9-5-4-6-15-9/h8-9,13H,4-7H2,1-3H3. The molecule has 0 radical (unpaired) electrons. The van der Waals surface area contributed by atoms with Crippen LogP contribution in [0.1, 0.15) is 39.3 Å². The molecule has 1 atom stereocenters. The summed E-state index contributed by atoms with van der Waals surface area (Å²) in [6.07, 6.45) is 2.60. The van der Waals surface area contributed by atoms with Crippen molar-refractivity contribution in [2.24, 2.45) is 0 Å². The Kier molecular flexibility index (Phi) is 3.22. The van der Waals surface area contributed by atoms with E-state index in [2.05, 4.69) is 30.7 Å². The summed E-state index contributed by atoms with van der Waals surface area (Å²) in [6.45, 7) is 8.31. The third kappa shape index (κ3) is 2.38. The van der Waals surface area contributed by atoms with Crippen molar-refractivity contribution in [3.05, 3.63) is 15.9 Å². The predicted octanol–water partition coefficient (Wildman–Crippen LogP) is 2.51. The van der Waals surface area contributed by atoms with Crippen LogP contribution in [0, 0.1) is 5.41 Å². The summed E-state index contributed by atoms with van der Waals surface area (Å²) in [5, 5.41) is 10.1. The molecule has 90 valence electrons. The highest BCUT2D eigenvalue weighted by Crippen LogP contribution is 2.24. The van der Waals surface area contributed by atoms with Crippen molar-refractivity contribution in [1.82, 2.24) is 4.57 Å². The number of ether oxygens (including phenoxy) is 1. The van der Waals surface area contributed by atoms with Gasteiger partial charge >= 0.3 is 0 Å². The van der Waals surface area contributed by atoms with E-state index < -0.39 is 0 Å². The second kappa shape index (κ2) is 4.34. The topological polar surface area (TPSA) is 38.0 Å². The lowest BCUT2D eigenvalue weighted by Crippen LogP contribution is -2.28. The highest BCUT2D eigenvalue weighted by Gasteiger charge is 2.23. The van der Waals surface area contributed by atoms with E-state index in [1.165, 1.54) is 17.0 Å². The van der Waals surface area contributed by atoms with E-state index in [0.717, 1.165) is 26.0 Å². The van der Waals surface area contributed by atoms with Crippen LogP contribution in [-0.4, -0.2) is 17.3 Å². The van der Waals surface area contributed by atoms with E-state index >= 15 is 0 Å². The first-order valence-corrected chi connectivity index (χ1v) is 6.71. The largest absolute Gasteiger partial charge is 0.376 e. The summed E-state index contributed by atoms with van der Waals surface area (Å²) in [7, 11) is 0. The predicted molar refractivity (Wildman–Crippen MR) is 65.8 cm³/mol. The zero-order valence-electron chi connectivity index (χ0n) is 10.2. The first-order valence-electron chi connectivity index (χ1n) is 5.83. The summed E-state index contributed by atoms with van der Waals surface area (Å²) in [4.78, 5) is 0.639. The fourth-order valence-corrected chi connectivity index (χ4v) is 3.11. The van der Waals surface area contributed by atoms with Gasteiger partial charge in [-0.05, 0) is 12.8 Å². The van der Waals surface area contributed by atoms with Gasteiger partial charge in [-0.1, -0.05) is 20.8 Å². The van der Waals surface area contributed by atoms with Gasteiger partial charge in [0.15, 0.2) is 4.80 Å². The Bertz CT molecular complexity index is 407. The number of nitrogens with zero attached hydrogens (tertiary/aromatic N) is 1. The Balaban J connectivity index is 2.25. The van der Waals surface area contributed by atoms with Crippen LogP contribution in [0.15, 0.2) is 5.38 Å². The SMILES string of the molecule is CC(C)(C)c1csc(=N)n1CC1CCCO1. The lowest BCUT2D eigenvalue weighted by molar-refractivity contribution is 0.0949. The van der Waals surface area contributed by atoms with Crippen molar-refractivity contribution in [2.45, 2.75) is 51.7 Å². The number of hydrogen-bond acceptors (Lipinski definition) is 3. The zero-order valence-corrected chi connectivity index (χ0v) is 11.1. The third-order valence-corrected chi connectivity index (χ3v) is 3.78. The van der Waals surface area contributed by atoms with Crippen molar-refractivity contribution in [2.75, 3.05) is 6.61 Å². The summed E-state index contributed by atoms with van der Waals surface area (Å²) in [5.74, 6) is 0. The number of thiazole rings is 1. The van der Waals surface area contributed by atoms with Gasteiger partial charge in [0.25, 0.3) is 0 Å². The van der Waals surface area contributed by atoms with E-state index in [0.29, 0.717) is 10.9 Å². The van der Waals surface area contributed by atoms with Crippen LogP contribution in [0.25, 0.3) is 0 Å². The van der Waals surface area contributed by atoms with Crippen molar-refractivity contribution in [3.63, 3.8) is 0 Å². The summed E-state index contributed by atoms with van der Waals surface area (Å²) < 4.78 is 7.76. The second-order valence-electron chi connectivity index (χ2n) is 5.42. The van der Waals surface area contributed by atoms with E-state index in [1.807, 2.05) is 0 Å². The molecule has 3 nitrogen and oxygen atoms in total. The molecule has 1 aliphatic heterocycles. The van der Waals surface area contributed by atoms with Gasteiger partial charge in [0.05, 0.1) is 12.6 Å². The Morgan fingerprint density at radius 1 is 1.56 bits per heavy atom. The molecular formula is C12H20N2OS. The molecule has 1 fully saturated rings. The minimum Gasteiger partial charge on any atom is -0.376 e. The fourth-order valence-electron chi connectivity index (χ4n) is 2.10. The van der Waals surface area contributed by atoms with Gasteiger partial charge in [-0.2, -0.15) is 0 Å². The third-order valence-electron chi connectivity index (χ3n) is 3.00. The fraction of sp³-hybridized carbons (Fsp3) is 0.750. The number of hydrogen-bond donors (Lipinski definition) is 1. The first-order chi connectivity index (χ1) is 7.48. The lowest BCUT2D eigenvalue weighted by atomic mass is 9.93. The van der Waals surface area contributed by atoms with E-state index in [1.54, 1.807) is 0 Å². The van der Waals surface area contributed by atoms with Crippen molar-refractivity contribution >= 4 is 11.3 Å². The molecule has 1 N–H and O–H groups in total. The average Bonchev–Trinajstić information content (AvgIpc) is 2.76. The maximum Gasteiger partial charge on any atom is 0.182 e. The zero-order chi connectivity index (χ0) is 11.8. The molecule has 0 aliphatic carbocycles. The quantitative estimate of drug-likeness (QED) is 0.847. The molecule has 1 aliphatic rings. The molecule has 1 aromatic heterocycles. The molecule has 4 heteroatoms. The molecule has 1 saturated heterocycles. The van der Waals surface area contributed by atoms with Crippen LogP contribution in [-0.2, 0) is 16.7 Å².